The molecular formula is C11H11ClF3NO4. The summed E-state index contributed by atoms with van der Waals surface area (Å²) in [6.45, 7) is -1.41. The molecule has 0 aliphatic carbocycles. The van der Waals surface area contributed by atoms with Crippen LogP contribution in [0.1, 0.15) is 6.42 Å². The number of rotatable bonds is 7. The minimum atomic E-state index is -4.36. The highest BCUT2D eigenvalue weighted by molar-refractivity contribution is 6.32. The average Bonchev–Trinajstić information content (AvgIpc) is 2.34. The summed E-state index contributed by atoms with van der Waals surface area (Å²) < 4.78 is 44.8. The first-order chi connectivity index (χ1) is 9.29. The van der Waals surface area contributed by atoms with Crippen molar-refractivity contribution < 1.29 is 27.6 Å². The fraction of sp³-hybridized carbons (Fsp3) is 0.455. The maximum atomic E-state index is 11.8. The zero-order valence-corrected chi connectivity index (χ0v) is 10.9. The van der Waals surface area contributed by atoms with Crippen molar-refractivity contribution in [3.05, 3.63) is 33.3 Å². The SMILES string of the molecule is O=[N+]([O-])c1ccc(Cl)c(OCCCOCC(F)(F)F)c1. The average molecular weight is 314 g/mol. The largest absolute Gasteiger partial charge is 0.492 e. The van der Waals surface area contributed by atoms with Gasteiger partial charge in [-0.1, -0.05) is 11.6 Å². The molecule has 0 aliphatic heterocycles. The van der Waals surface area contributed by atoms with Crippen molar-refractivity contribution in [1.29, 1.82) is 0 Å². The normalized spacial score (nSPS) is 11.4. The molecule has 0 unspecified atom stereocenters. The summed E-state index contributed by atoms with van der Waals surface area (Å²) in [6.07, 6.45) is -4.15. The first-order valence-electron chi connectivity index (χ1n) is 5.51. The molecule has 1 aromatic rings. The third kappa shape index (κ3) is 6.07. The fourth-order valence-corrected chi connectivity index (χ4v) is 1.42. The third-order valence-electron chi connectivity index (χ3n) is 2.08. The molecule has 0 atom stereocenters. The number of alkyl halides is 3. The van der Waals surface area contributed by atoms with Crippen LogP contribution in [-0.2, 0) is 4.74 Å². The Morgan fingerprint density at radius 2 is 2.00 bits per heavy atom. The lowest BCUT2D eigenvalue weighted by molar-refractivity contribution is -0.384. The summed E-state index contributed by atoms with van der Waals surface area (Å²) in [5, 5.41) is 10.7. The highest BCUT2D eigenvalue weighted by Gasteiger charge is 2.27. The smallest absolute Gasteiger partial charge is 0.411 e. The van der Waals surface area contributed by atoms with E-state index in [4.69, 9.17) is 16.3 Å². The van der Waals surface area contributed by atoms with Gasteiger partial charge in [0.1, 0.15) is 12.4 Å². The molecule has 1 rings (SSSR count). The van der Waals surface area contributed by atoms with Gasteiger partial charge in [-0.15, -0.1) is 0 Å². The van der Waals surface area contributed by atoms with Crippen LogP contribution in [0.25, 0.3) is 0 Å². The molecule has 0 fully saturated rings. The van der Waals surface area contributed by atoms with Crippen LogP contribution in [0.5, 0.6) is 5.75 Å². The number of hydrogen-bond acceptors (Lipinski definition) is 4. The lowest BCUT2D eigenvalue weighted by atomic mass is 10.3. The van der Waals surface area contributed by atoms with Gasteiger partial charge in [0.15, 0.2) is 0 Å². The van der Waals surface area contributed by atoms with Gasteiger partial charge in [0.05, 0.1) is 29.2 Å². The van der Waals surface area contributed by atoms with E-state index in [0.717, 1.165) is 6.07 Å². The molecule has 5 nitrogen and oxygen atoms in total. The van der Waals surface area contributed by atoms with Crippen molar-refractivity contribution in [1.82, 2.24) is 0 Å². The van der Waals surface area contributed by atoms with Crippen LogP contribution in [-0.4, -0.2) is 30.9 Å². The number of benzene rings is 1. The maximum absolute atomic E-state index is 11.8. The van der Waals surface area contributed by atoms with Crippen molar-refractivity contribution in [2.45, 2.75) is 12.6 Å². The summed E-state index contributed by atoms with van der Waals surface area (Å²) in [5.74, 6) is 0.108. The van der Waals surface area contributed by atoms with Crippen LogP contribution < -0.4 is 4.74 Å². The third-order valence-corrected chi connectivity index (χ3v) is 2.39. The van der Waals surface area contributed by atoms with Crippen molar-refractivity contribution in [3.63, 3.8) is 0 Å². The molecule has 0 bridgehead atoms. The first-order valence-corrected chi connectivity index (χ1v) is 5.88. The molecule has 0 N–H and O–H groups in total. The fourth-order valence-electron chi connectivity index (χ4n) is 1.25. The van der Waals surface area contributed by atoms with Gasteiger partial charge in [-0.3, -0.25) is 10.1 Å². The highest BCUT2D eigenvalue weighted by Crippen LogP contribution is 2.28. The van der Waals surface area contributed by atoms with Gasteiger partial charge in [0.25, 0.3) is 5.69 Å². The van der Waals surface area contributed by atoms with Gasteiger partial charge in [-0.25, -0.2) is 0 Å². The van der Waals surface area contributed by atoms with E-state index in [-0.39, 0.29) is 36.1 Å². The van der Waals surface area contributed by atoms with E-state index in [1.54, 1.807) is 0 Å². The minimum Gasteiger partial charge on any atom is -0.492 e. The maximum Gasteiger partial charge on any atom is 0.411 e. The standard InChI is InChI=1S/C11H11ClF3NO4/c12-9-3-2-8(16(17)18)6-10(9)20-5-1-4-19-7-11(13,14)15/h2-3,6H,1,4-5,7H2. The van der Waals surface area contributed by atoms with E-state index >= 15 is 0 Å². The molecule has 0 aliphatic rings. The van der Waals surface area contributed by atoms with Gasteiger partial charge in [0.2, 0.25) is 0 Å². The highest BCUT2D eigenvalue weighted by atomic mass is 35.5. The topological polar surface area (TPSA) is 61.6 Å². The summed E-state index contributed by atoms with van der Waals surface area (Å²) in [6, 6.07) is 3.69. The number of ether oxygens (including phenoxy) is 2. The Morgan fingerprint density at radius 3 is 2.60 bits per heavy atom. The Bertz CT molecular complexity index is 467. The van der Waals surface area contributed by atoms with Gasteiger partial charge in [-0.2, -0.15) is 13.2 Å². The molecule has 0 amide bonds. The molecule has 1 aromatic carbocycles. The van der Waals surface area contributed by atoms with Gasteiger partial charge in [-0.05, 0) is 6.07 Å². The molecule has 20 heavy (non-hydrogen) atoms. The number of nitrogens with zero attached hydrogens (tertiary/aromatic N) is 1. The van der Waals surface area contributed by atoms with Crippen molar-refractivity contribution in [3.8, 4) is 5.75 Å². The van der Waals surface area contributed by atoms with Crippen molar-refractivity contribution in [2.75, 3.05) is 19.8 Å². The van der Waals surface area contributed by atoms with E-state index in [1.165, 1.54) is 12.1 Å². The minimum absolute atomic E-state index is 0.0404. The monoisotopic (exact) mass is 313 g/mol. The zero-order chi connectivity index (χ0) is 15.2. The second-order valence-electron chi connectivity index (χ2n) is 3.74. The molecule has 112 valence electrons. The van der Waals surface area contributed by atoms with E-state index in [1.807, 2.05) is 0 Å². The lowest BCUT2D eigenvalue weighted by Crippen LogP contribution is -2.18. The molecule has 0 spiro atoms. The number of hydrogen-bond donors (Lipinski definition) is 0. The van der Waals surface area contributed by atoms with Crippen LogP contribution in [0.2, 0.25) is 5.02 Å². The Labute approximate surface area is 117 Å². The molecule has 0 saturated heterocycles. The first kappa shape index (κ1) is 16.5. The van der Waals surface area contributed by atoms with Crippen molar-refractivity contribution in [2.24, 2.45) is 0 Å². The van der Waals surface area contributed by atoms with E-state index in [9.17, 15) is 23.3 Å². The van der Waals surface area contributed by atoms with Crippen LogP contribution in [0.4, 0.5) is 18.9 Å². The van der Waals surface area contributed by atoms with E-state index < -0.39 is 17.7 Å². The number of halogens is 4. The van der Waals surface area contributed by atoms with E-state index in [0.29, 0.717) is 0 Å². The Kier molecular flexibility index (Phi) is 6.03. The second kappa shape index (κ2) is 7.30. The lowest BCUT2D eigenvalue weighted by Gasteiger charge is -2.09. The Balaban J connectivity index is 2.35. The van der Waals surface area contributed by atoms with Gasteiger partial charge < -0.3 is 9.47 Å². The number of nitro groups is 1. The number of non-ortho nitro benzene ring substituents is 1. The van der Waals surface area contributed by atoms with Crippen LogP contribution in [0.15, 0.2) is 18.2 Å². The second-order valence-corrected chi connectivity index (χ2v) is 4.15. The van der Waals surface area contributed by atoms with Gasteiger partial charge >= 0.3 is 6.18 Å². The molecular weight excluding hydrogens is 303 g/mol. The molecule has 0 heterocycles. The number of nitro benzene ring substituents is 1. The molecule has 0 aromatic heterocycles. The van der Waals surface area contributed by atoms with Crippen LogP contribution >= 0.6 is 11.6 Å². The van der Waals surface area contributed by atoms with Gasteiger partial charge in [0, 0.05) is 12.5 Å². The summed E-state index contributed by atoms with van der Waals surface area (Å²) in [5.41, 5.74) is -0.183. The summed E-state index contributed by atoms with van der Waals surface area (Å²) >= 11 is 5.77. The zero-order valence-electron chi connectivity index (χ0n) is 10.2. The van der Waals surface area contributed by atoms with Crippen molar-refractivity contribution >= 4 is 17.3 Å². The summed E-state index contributed by atoms with van der Waals surface area (Å²) in [4.78, 5) is 9.95. The Hall–Kier alpha value is -1.54. The predicted molar refractivity (Wildman–Crippen MR) is 65.1 cm³/mol. The molecule has 0 radical (unpaired) electrons. The quantitative estimate of drug-likeness (QED) is 0.438. The van der Waals surface area contributed by atoms with Crippen LogP contribution in [0, 0.1) is 10.1 Å². The predicted octanol–water partition coefficient (Wildman–Crippen LogP) is 3.60. The molecule has 9 heteroatoms. The van der Waals surface area contributed by atoms with Crippen LogP contribution in [0.3, 0.4) is 0 Å². The summed E-state index contributed by atoms with van der Waals surface area (Å²) in [7, 11) is 0. The van der Waals surface area contributed by atoms with E-state index in [2.05, 4.69) is 4.74 Å². The Morgan fingerprint density at radius 1 is 1.30 bits per heavy atom. The molecule has 0 saturated carbocycles.